The Hall–Kier alpha value is -3.97. The maximum atomic E-state index is 12.8. The van der Waals surface area contributed by atoms with E-state index < -0.39 is 15.6 Å². The molecule has 0 bridgehead atoms. The summed E-state index contributed by atoms with van der Waals surface area (Å²) >= 11 is 0. The second-order valence-corrected chi connectivity index (χ2v) is 14.9. The van der Waals surface area contributed by atoms with Crippen LogP contribution in [0.2, 0.25) is 0 Å². The predicted molar refractivity (Wildman–Crippen MR) is 172 cm³/mol. The summed E-state index contributed by atoms with van der Waals surface area (Å²) in [5, 5.41) is 26.4. The van der Waals surface area contributed by atoms with Crippen molar-refractivity contribution < 1.29 is 32.9 Å². The number of aromatic nitrogens is 2. The topological polar surface area (TPSA) is 151 Å². The van der Waals surface area contributed by atoms with E-state index in [2.05, 4.69) is 15.1 Å². The molecule has 4 aromatic rings. The number of nitrogens with one attached hydrogen (secondary N) is 2. The van der Waals surface area contributed by atoms with Crippen molar-refractivity contribution >= 4 is 21.4 Å². The normalized spacial score (nSPS) is 21.0. The third-order valence-corrected chi connectivity index (χ3v) is 10.1. The number of rotatable bonds is 13. The maximum Gasteiger partial charge on any atom is 0.240 e. The molecule has 12 heteroatoms. The van der Waals surface area contributed by atoms with Crippen molar-refractivity contribution in [2.45, 2.75) is 68.6 Å². The van der Waals surface area contributed by atoms with Gasteiger partial charge < -0.3 is 25.0 Å². The number of hydrogen-bond donors (Lipinski definition) is 4. The lowest BCUT2D eigenvalue weighted by Crippen LogP contribution is -2.58. The molecule has 2 aliphatic rings. The van der Waals surface area contributed by atoms with Crippen LogP contribution < -0.4 is 19.5 Å². The molecule has 4 N–H and O–H groups in total. The van der Waals surface area contributed by atoms with Crippen molar-refractivity contribution in [3.05, 3.63) is 78.6 Å². The SMILES string of the molecule is CC(C)(O)COc1ccc2c(CC(=O)NC3CC4(C3)CC(Oc3ccc(-c5cccc(S(=O)(=O)NCCO)c5)cc3)C4)cnn2c1. The molecule has 0 radical (unpaired) electrons. The van der Waals surface area contributed by atoms with Gasteiger partial charge in [0.25, 0.3) is 0 Å². The van der Waals surface area contributed by atoms with E-state index in [4.69, 9.17) is 14.6 Å². The number of carbonyl (C=O) groups is 1. The summed E-state index contributed by atoms with van der Waals surface area (Å²) in [6, 6.07) is 18.2. The molecule has 6 rings (SSSR count). The fourth-order valence-electron chi connectivity index (χ4n) is 6.39. The Labute approximate surface area is 268 Å². The number of pyridine rings is 1. The van der Waals surface area contributed by atoms with Gasteiger partial charge in [-0.25, -0.2) is 17.7 Å². The van der Waals surface area contributed by atoms with Gasteiger partial charge in [-0.05, 0) is 92.5 Å². The van der Waals surface area contributed by atoms with Crippen molar-refractivity contribution in [1.29, 1.82) is 0 Å². The van der Waals surface area contributed by atoms with Crippen LogP contribution in [0.15, 0.2) is 78.0 Å². The van der Waals surface area contributed by atoms with Gasteiger partial charge in [0.2, 0.25) is 15.9 Å². The fraction of sp³-hybridized carbons (Fsp3) is 0.412. The first-order valence-electron chi connectivity index (χ1n) is 15.5. The summed E-state index contributed by atoms with van der Waals surface area (Å²) in [7, 11) is -3.69. The third kappa shape index (κ3) is 7.36. The number of benzene rings is 2. The monoisotopic (exact) mass is 648 g/mol. The van der Waals surface area contributed by atoms with E-state index >= 15 is 0 Å². The average Bonchev–Trinajstić information content (AvgIpc) is 3.38. The summed E-state index contributed by atoms with van der Waals surface area (Å²) in [5.74, 6) is 1.34. The number of aliphatic hydroxyl groups excluding tert-OH is 1. The van der Waals surface area contributed by atoms with Crippen LogP contribution in [0.4, 0.5) is 0 Å². The molecule has 2 saturated carbocycles. The van der Waals surface area contributed by atoms with Gasteiger partial charge in [-0.2, -0.15) is 5.10 Å². The smallest absolute Gasteiger partial charge is 0.240 e. The molecule has 1 spiro atoms. The Morgan fingerprint density at radius 3 is 2.50 bits per heavy atom. The molecule has 0 atom stereocenters. The van der Waals surface area contributed by atoms with E-state index in [9.17, 15) is 18.3 Å². The lowest BCUT2D eigenvalue weighted by Gasteiger charge is -2.57. The Morgan fingerprint density at radius 2 is 1.78 bits per heavy atom. The van der Waals surface area contributed by atoms with E-state index in [0.29, 0.717) is 5.75 Å². The number of hydrogen-bond acceptors (Lipinski definition) is 8. The second kappa shape index (κ2) is 12.7. The molecular formula is C34H40N4O7S. The van der Waals surface area contributed by atoms with Gasteiger partial charge in [-0.15, -0.1) is 0 Å². The minimum atomic E-state index is -3.69. The van der Waals surface area contributed by atoms with Crippen LogP contribution in [-0.2, 0) is 21.2 Å². The molecule has 0 unspecified atom stereocenters. The highest BCUT2D eigenvalue weighted by molar-refractivity contribution is 7.89. The number of ether oxygens (including phenoxy) is 2. The molecule has 244 valence electrons. The summed E-state index contributed by atoms with van der Waals surface area (Å²) in [6.07, 6.45) is 7.62. The van der Waals surface area contributed by atoms with Gasteiger partial charge in [0.1, 0.15) is 18.1 Å². The number of sulfonamides is 1. The quantitative estimate of drug-likeness (QED) is 0.172. The Bertz CT molecular complexity index is 1800. The fourth-order valence-corrected chi connectivity index (χ4v) is 7.45. The zero-order valence-electron chi connectivity index (χ0n) is 26.0. The largest absolute Gasteiger partial charge is 0.490 e. The first-order chi connectivity index (χ1) is 21.9. The first kappa shape index (κ1) is 32.0. The van der Waals surface area contributed by atoms with Crippen molar-refractivity contribution in [3.63, 3.8) is 0 Å². The molecule has 11 nitrogen and oxygen atoms in total. The molecule has 2 aromatic heterocycles. The lowest BCUT2D eigenvalue weighted by molar-refractivity contribution is -0.126. The highest BCUT2D eigenvalue weighted by Crippen LogP contribution is 2.56. The Morgan fingerprint density at radius 1 is 1.04 bits per heavy atom. The standard InChI is InChI=1S/C34H40N4O7S/c1-33(2,41)22-44-28-10-11-31-25(20-35-38(31)21-28)15-32(40)37-26-16-34(17-26)18-29(19-34)45-27-8-6-23(7-9-27)24-4-3-5-30(14-24)46(42,43)36-12-13-39/h3-11,14,20-21,26,29,36,39,41H,12-13,15-19,22H2,1-2H3,(H,37,40). The minimum Gasteiger partial charge on any atom is -0.490 e. The molecule has 2 aliphatic carbocycles. The van der Waals surface area contributed by atoms with Crippen molar-refractivity contribution in [3.8, 4) is 22.6 Å². The molecule has 0 aliphatic heterocycles. The Kier molecular flexibility index (Phi) is 8.81. The van der Waals surface area contributed by atoms with Gasteiger partial charge in [0.05, 0.1) is 47.5 Å². The van der Waals surface area contributed by atoms with Crippen LogP contribution >= 0.6 is 0 Å². The van der Waals surface area contributed by atoms with Crippen LogP contribution in [0.1, 0.15) is 45.1 Å². The summed E-state index contributed by atoms with van der Waals surface area (Å²) in [5.41, 5.74) is 2.62. The summed E-state index contributed by atoms with van der Waals surface area (Å²) in [6.45, 7) is 3.22. The van der Waals surface area contributed by atoms with Crippen molar-refractivity contribution in [2.75, 3.05) is 19.8 Å². The molecule has 2 fully saturated rings. The van der Waals surface area contributed by atoms with E-state index in [-0.39, 0.29) is 54.5 Å². The van der Waals surface area contributed by atoms with Crippen LogP contribution in [0.25, 0.3) is 16.6 Å². The van der Waals surface area contributed by atoms with E-state index in [1.165, 1.54) is 6.07 Å². The summed E-state index contributed by atoms with van der Waals surface area (Å²) < 4.78 is 40.8. The number of amides is 1. The van der Waals surface area contributed by atoms with Crippen LogP contribution in [0.3, 0.4) is 0 Å². The van der Waals surface area contributed by atoms with Gasteiger partial charge in [0, 0.05) is 18.2 Å². The van der Waals surface area contributed by atoms with Crippen LogP contribution in [0, 0.1) is 5.41 Å². The average molecular weight is 649 g/mol. The number of carbonyl (C=O) groups excluding carboxylic acids is 1. The van der Waals surface area contributed by atoms with E-state index in [1.807, 2.05) is 42.5 Å². The zero-order valence-corrected chi connectivity index (χ0v) is 26.8. The number of aliphatic hydroxyl groups is 2. The highest BCUT2D eigenvalue weighted by atomic mass is 32.2. The number of nitrogens with zero attached hydrogens (tertiary/aromatic N) is 2. The highest BCUT2D eigenvalue weighted by Gasteiger charge is 2.54. The Balaban J connectivity index is 0.947. The molecule has 46 heavy (non-hydrogen) atoms. The van der Waals surface area contributed by atoms with E-state index in [1.54, 1.807) is 42.9 Å². The van der Waals surface area contributed by atoms with E-state index in [0.717, 1.165) is 53.6 Å². The summed E-state index contributed by atoms with van der Waals surface area (Å²) in [4.78, 5) is 13.0. The van der Waals surface area contributed by atoms with Crippen LogP contribution in [0.5, 0.6) is 11.5 Å². The van der Waals surface area contributed by atoms with Gasteiger partial charge in [0.15, 0.2) is 0 Å². The van der Waals surface area contributed by atoms with Gasteiger partial charge >= 0.3 is 0 Å². The van der Waals surface area contributed by atoms with Crippen molar-refractivity contribution in [2.24, 2.45) is 5.41 Å². The van der Waals surface area contributed by atoms with Crippen LogP contribution in [-0.4, -0.2) is 71.7 Å². The number of fused-ring (bicyclic) bond motifs is 1. The minimum absolute atomic E-state index is 0.0196. The zero-order chi connectivity index (χ0) is 32.5. The molecule has 2 aromatic carbocycles. The molecule has 2 heterocycles. The molecule has 0 saturated heterocycles. The molecular weight excluding hydrogens is 608 g/mol. The van der Waals surface area contributed by atoms with Gasteiger partial charge in [-0.1, -0.05) is 24.3 Å². The maximum absolute atomic E-state index is 12.8. The molecule has 1 amide bonds. The third-order valence-electron chi connectivity index (χ3n) is 8.60. The predicted octanol–water partition coefficient (Wildman–Crippen LogP) is 3.47. The van der Waals surface area contributed by atoms with Crippen molar-refractivity contribution in [1.82, 2.24) is 19.7 Å². The second-order valence-electron chi connectivity index (χ2n) is 13.1. The van der Waals surface area contributed by atoms with Gasteiger partial charge in [-0.3, -0.25) is 4.79 Å². The first-order valence-corrected chi connectivity index (χ1v) is 17.0. The lowest BCUT2D eigenvalue weighted by atomic mass is 9.53.